The van der Waals surface area contributed by atoms with Crippen LogP contribution in [0.1, 0.15) is 51.6 Å². The summed E-state index contributed by atoms with van der Waals surface area (Å²) in [7, 11) is 1.20. The Morgan fingerprint density at radius 3 is 2.53 bits per heavy atom. The predicted octanol–water partition coefficient (Wildman–Crippen LogP) is 3.99. The first-order valence-electron chi connectivity index (χ1n) is 9.70. The zero-order chi connectivity index (χ0) is 21.7. The van der Waals surface area contributed by atoms with E-state index in [9.17, 15) is 19.1 Å². The summed E-state index contributed by atoms with van der Waals surface area (Å²) in [5.74, 6) is -1.77. The number of amides is 1. The van der Waals surface area contributed by atoms with Gasteiger partial charge in [0, 0.05) is 23.7 Å². The molecule has 3 rings (SSSR count). The number of halogens is 1. The van der Waals surface area contributed by atoms with Gasteiger partial charge < -0.3 is 15.2 Å². The van der Waals surface area contributed by atoms with Crippen molar-refractivity contribution < 1.29 is 23.8 Å². The lowest BCUT2D eigenvalue weighted by Crippen LogP contribution is -2.25. The van der Waals surface area contributed by atoms with Crippen molar-refractivity contribution in [2.24, 2.45) is 0 Å². The molecule has 2 N–H and O–H groups in total. The van der Waals surface area contributed by atoms with Crippen LogP contribution < -0.4 is 5.32 Å². The highest BCUT2D eigenvalue weighted by molar-refractivity contribution is 6.11. The van der Waals surface area contributed by atoms with Gasteiger partial charge in [-0.3, -0.25) is 9.78 Å². The van der Waals surface area contributed by atoms with Crippen LogP contribution in [-0.4, -0.2) is 35.6 Å². The minimum atomic E-state index is -0.755. The van der Waals surface area contributed by atoms with Crippen LogP contribution in [0.4, 0.5) is 4.39 Å². The Morgan fingerprint density at radius 1 is 1.13 bits per heavy atom. The molecule has 7 heteroatoms. The first kappa shape index (κ1) is 21.2. The minimum Gasteiger partial charge on any atom is -0.505 e. The zero-order valence-corrected chi connectivity index (χ0v) is 16.9. The van der Waals surface area contributed by atoms with E-state index in [1.165, 1.54) is 25.3 Å². The molecule has 0 bridgehead atoms. The van der Waals surface area contributed by atoms with Crippen molar-refractivity contribution in [1.29, 1.82) is 0 Å². The molecule has 0 saturated heterocycles. The molecule has 6 nitrogen and oxygen atoms in total. The highest BCUT2D eigenvalue weighted by atomic mass is 19.1. The first-order chi connectivity index (χ1) is 14.4. The molecule has 0 atom stereocenters. The van der Waals surface area contributed by atoms with Crippen molar-refractivity contribution >= 4 is 22.8 Å². The fraction of sp³-hybridized carbons (Fsp3) is 0.261. The maximum Gasteiger partial charge on any atom is 0.341 e. The van der Waals surface area contributed by atoms with Crippen molar-refractivity contribution in [3.05, 3.63) is 70.7 Å². The Balaban J connectivity index is 2.08. The number of nitrogens with zero attached hydrogens (tertiary/aromatic N) is 1. The van der Waals surface area contributed by atoms with Crippen molar-refractivity contribution in [2.45, 2.75) is 26.2 Å². The van der Waals surface area contributed by atoms with E-state index in [0.29, 0.717) is 18.4 Å². The third-order valence-corrected chi connectivity index (χ3v) is 4.79. The molecule has 0 unspecified atom stereocenters. The largest absolute Gasteiger partial charge is 0.505 e. The number of phenols is 1. The number of esters is 1. The van der Waals surface area contributed by atoms with Gasteiger partial charge in [0.25, 0.3) is 5.91 Å². The van der Waals surface area contributed by atoms with Crippen LogP contribution in [0.2, 0.25) is 0 Å². The van der Waals surface area contributed by atoms with Crippen LogP contribution in [0.5, 0.6) is 5.75 Å². The topological polar surface area (TPSA) is 88.5 Å². The molecular formula is C23H23FN2O4. The molecule has 0 saturated carbocycles. The van der Waals surface area contributed by atoms with Crippen molar-refractivity contribution in [1.82, 2.24) is 10.3 Å². The number of ether oxygens (including phenoxy) is 1. The maximum absolute atomic E-state index is 13.2. The van der Waals surface area contributed by atoms with Crippen molar-refractivity contribution in [2.75, 3.05) is 13.7 Å². The molecule has 1 aromatic heterocycles. The third kappa shape index (κ3) is 4.56. The Morgan fingerprint density at radius 2 is 1.87 bits per heavy atom. The van der Waals surface area contributed by atoms with E-state index in [-0.39, 0.29) is 34.1 Å². The highest BCUT2D eigenvalue weighted by Gasteiger charge is 2.22. The summed E-state index contributed by atoms with van der Waals surface area (Å²) in [5.41, 5.74) is 1.91. The minimum absolute atomic E-state index is 0.121. The molecule has 1 heterocycles. The summed E-state index contributed by atoms with van der Waals surface area (Å²) < 4.78 is 17.9. The molecule has 0 fully saturated rings. The van der Waals surface area contributed by atoms with Gasteiger partial charge >= 0.3 is 5.97 Å². The Labute approximate surface area is 173 Å². The summed E-state index contributed by atoms with van der Waals surface area (Å²) in [4.78, 5) is 29.2. The van der Waals surface area contributed by atoms with E-state index in [0.717, 1.165) is 24.0 Å². The average molecular weight is 410 g/mol. The van der Waals surface area contributed by atoms with Crippen LogP contribution in [0.25, 0.3) is 10.9 Å². The number of rotatable bonds is 7. The molecule has 30 heavy (non-hydrogen) atoms. The molecule has 3 aromatic rings. The number of nitrogens with one attached hydrogen (secondary N) is 1. The number of carbonyl (C=O) groups is 2. The lowest BCUT2D eigenvalue weighted by Gasteiger charge is -2.13. The molecule has 0 aliphatic rings. The van der Waals surface area contributed by atoms with Crippen LogP contribution >= 0.6 is 0 Å². The van der Waals surface area contributed by atoms with Gasteiger partial charge in [0.15, 0.2) is 5.75 Å². The molecule has 156 valence electrons. The number of methoxy groups -OCH3 is 1. The summed E-state index contributed by atoms with van der Waals surface area (Å²) in [6.45, 7) is 2.51. The second-order valence-electron chi connectivity index (χ2n) is 6.96. The van der Waals surface area contributed by atoms with Crippen LogP contribution in [-0.2, 0) is 11.2 Å². The van der Waals surface area contributed by atoms with Gasteiger partial charge in [-0.2, -0.15) is 0 Å². The Bertz CT molecular complexity index is 1080. The standard InChI is InChI=1S/C23H23FN2O4/c1-3-4-9-25-22(28)18-12-19(23(29)30-2)21(27)20-17(18)11-15(13-26-20)10-14-5-7-16(24)8-6-14/h5-8,11-13,27H,3-4,9-10H2,1-2H3,(H,25,28). The second-order valence-corrected chi connectivity index (χ2v) is 6.96. The molecular weight excluding hydrogens is 387 g/mol. The number of unbranched alkanes of at least 4 members (excludes halogenated alkanes) is 1. The van der Waals surface area contributed by atoms with E-state index in [1.807, 2.05) is 6.92 Å². The number of aromatic hydroxyl groups is 1. The summed E-state index contributed by atoms with van der Waals surface area (Å²) in [6, 6.07) is 9.19. The van der Waals surface area contributed by atoms with Crippen LogP contribution in [0, 0.1) is 5.82 Å². The maximum atomic E-state index is 13.2. The average Bonchev–Trinajstić information content (AvgIpc) is 2.75. The molecule has 0 aliphatic heterocycles. The summed E-state index contributed by atoms with van der Waals surface area (Å²) >= 11 is 0. The second kappa shape index (κ2) is 9.35. The number of pyridine rings is 1. The highest BCUT2D eigenvalue weighted by Crippen LogP contribution is 2.32. The van der Waals surface area contributed by atoms with E-state index in [2.05, 4.69) is 10.3 Å². The lowest BCUT2D eigenvalue weighted by molar-refractivity contribution is 0.0597. The van der Waals surface area contributed by atoms with E-state index < -0.39 is 5.97 Å². The smallest absolute Gasteiger partial charge is 0.341 e. The molecule has 2 aromatic carbocycles. The fourth-order valence-corrected chi connectivity index (χ4v) is 3.18. The van der Waals surface area contributed by atoms with Crippen LogP contribution in [0.15, 0.2) is 42.6 Å². The number of benzene rings is 2. The van der Waals surface area contributed by atoms with Crippen molar-refractivity contribution in [3.63, 3.8) is 0 Å². The van der Waals surface area contributed by atoms with Gasteiger partial charge in [-0.15, -0.1) is 0 Å². The van der Waals surface area contributed by atoms with Gasteiger partial charge in [-0.1, -0.05) is 25.5 Å². The Hall–Kier alpha value is -3.48. The van der Waals surface area contributed by atoms with Gasteiger partial charge in [-0.05, 0) is 48.2 Å². The zero-order valence-electron chi connectivity index (χ0n) is 16.9. The van der Waals surface area contributed by atoms with Gasteiger partial charge in [0.05, 0.1) is 7.11 Å². The lowest BCUT2D eigenvalue weighted by atomic mass is 9.98. The Kier molecular flexibility index (Phi) is 6.61. The number of hydrogen-bond acceptors (Lipinski definition) is 5. The summed E-state index contributed by atoms with van der Waals surface area (Å²) in [6.07, 6.45) is 3.78. The normalized spacial score (nSPS) is 10.8. The van der Waals surface area contributed by atoms with Gasteiger partial charge in [0.1, 0.15) is 16.9 Å². The summed E-state index contributed by atoms with van der Waals surface area (Å²) in [5, 5.41) is 13.8. The molecule has 0 aliphatic carbocycles. The SMILES string of the molecule is CCCCNC(=O)c1cc(C(=O)OC)c(O)c2ncc(Cc3ccc(F)cc3)cc12. The van der Waals surface area contributed by atoms with Crippen molar-refractivity contribution in [3.8, 4) is 5.75 Å². The third-order valence-electron chi connectivity index (χ3n) is 4.79. The molecule has 1 amide bonds. The fourth-order valence-electron chi connectivity index (χ4n) is 3.18. The molecule has 0 radical (unpaired) electrons. The van der Waals surface area contributed by atoms with E-state index in [4.69, 9.17) is 4.74 Å². The van der Waals surface area contributed by atoms with E-state index >= 15 is 0 Å². The number of phenolic OH excluding ortho intramolecular Hbond substituents is 1. The number of fused-ring (bicyclic) bond motifs is 1. The van der Waals surface area contributed by atoms with Crippen LogP contribution in [0.3, 0.4) is 0 Å². The van der Waals surface area contributed by atoms with Gasteiger partial charge in [0.2, 0.25) is 0 Å². The predicted molar refractivity (Wildman–Crippen MR) is 111 cm³/mol. The monoisotopic (exact) mass is 410 g/mol. The first-order valence-corrected chi connectivity index (χ1v) is 9.70. The molecule has 0 spiro atoms. The number of carbonyl (C=O) groups excluding carboxylic acids is 2. The van der Waals surface area contributed by atoms with E-state index in [1.54, 1.807) is 24.4 Å². The number of hydrogen-bond donors (Lipinski definition) is 2. The quantitative estimate of drug-likeness (QED) is 0.454. The van der Waals surface area contributed by atoms with Gasteiger partial charge in [-0.25, -0.2) is 9.18 Å². The number of aromatic nitrogens is 1.